The molecule has 0 spiro atoms. The topological polar surface area (TPSA) is 56.9 Å². The highest BCUT2D eigenvalue weighted by Crippen LogP contribution is 2.36. The summed E-state index contributed by atoms with van der Waals surface area (Å²) in [6.45, 7) is 2.09. The Morgan fingerprint density at radius 1 is 0.867 bits per heavy atom. The fourth-order valence-electron chi connectivity index (χ4n) is 3.73. The van der Waals surface area contributed by atoms with E-state index < -0.39 is 0 Å². The lowest BCUT2D eigenvalue weighted by Crippen LogP contribution is -2.03. The number of aromatic amines is 1. The summed E-state index contributed by atoms with van der Waals surface area (Å²) in [6.07, 6.45) is 3.72. The number of carbonyl (C=O) groups excluding carboxylic acids is 1. The van der Waals surface area contributed by atoms with Gasteiger partial charge in [-0.2, -0.15) is 0 Å². The first kappa shape index (κ1) is 18.0. The van der Waals surface area contributed by atoms with Gasteiger partial charge in [0, 0.05) is 28.8 Å². The lowest BCUT2D eigenvalue weighted by Gasteiger charge is -2.13. The van der Waals surface area contributed by atoms with Gasteiger partial charge in [0.25, 0.3) is 5.91 Å². The molecule has 4 heteroatoms. The van der Waals surface area contributed by atoms with Crippen molar-refractivity contribution in [2.75, 3.05) is 10.6 Å². The number of aromatic nitrogens is 1. The zero-order valence-corrected chi connectivity index (χ0v) is 16.6. The predicted molar refractivity (Wildman–Crippen MR) is 124 cm³/mol. The highest BCUT2D eigenvalue weighted by atomic mass is 16.2. The standard InChI is InChI=1S/C26H21N3O/c1-17-9-10-19(18-6-3-2-4-7-18)14-24(17)28-21-11-12-22-23(15-20-8-5-13-27-20)26(30)29-25(22)16-21/h2-16,27-28H,1H3,(H,29,30). The van der Waals surface area contributed by atoms with Gasteiger partial charge in [-0.3, -0.25) is 4.79 Å². The molecule has 0 bridgehead atoms. The third-order valence-electron chi connectivity index (χ3n) is 5.35. The van der Waals surface area contributed by atoms with Crippen molar-refractivity contribution in [3.05, 3.63) is 102 Å². The van der Waals surface area contributed by atoms with Crippen molar-refractivity contribution in [2.24, 2.45) is 0 Å². The number of carbonyl (C=O) groups is 1. The normalized spacial score (nSPS) is 13.9. The van der Waals surface area contributed by atoms with Gasteiger partial charge in [0.05, 0.1) is 11.3 Å². The minimum Gasteiger partial charge on any atom is -0.362 e. The van der Waals surface area contributed by atoms with Crippen LogP contribution in [0.15, 0.2) is 85.1 Å². The molecule has 3 aromatic carbocycles. The number of fused-ring (bicyclic) bond motifs is 1. The molecule has 146 valence electrons. The van der Waals surface area contributed by atoms with E-state index >= 15 is 0 Å². The fourth-order valence-corrected chi connectivity index (χ4v) is 3.73. The molecule has 1 aliphatic rings. The summed E-state index contributed by atoms with van der Waals surface area (Å²) in [5, 5.41) is 6.49. The number of amides is 1. The number of benzene rings is 3. The second-order valence-corrected chi connectivity index (χ2v) is 7.42. The van der Waals surface area contributed by atoms with Crippen LogP contribution in [0.2, 0.25) is 0 Å². The fraction of sp³-hybridized carbons (Fsp3) is 0.0385. The van der Waals surface area contributed by atoms with Crippen LogP contribution in [0.5, 0.6) is 0 Å². The minimum absolute atomic E-state index is 0.0843. The highest BCUT2D eigenvalue weighted by Gasteiger charge is 2.24. The maximum absolute atomic E-state index is 12.5. The molecule has 1 aromatic heterocycles. The molecule has 4 aromatic rings. The van der Waals surface area contributed by atoms with Crippen LogP contribution in [0.1, 0.15) is 16.8 Å². The summed E-state index contributed by atoms with van der Waals surface area (Å²) in [5.74, 6) is -0.0843. The van der Waals surface area contributed by atoms with E-state index in [4.69, 9.17) is 0 Å². The van der Waals surface area contributed by atoms with Gasteiger partial charge in [-0.25, -0.2) is 0 Å². The molecule has 0 saturated carbocycles. The van der Waals surface area contributed by atoms with E-state index in [-0.39, 0.29) is 5.91 Å². The van der Waals surface area contributed by atoms with E-state index in [1.807, 2.05) is 60.8 Å². The van der Waals surface area contributed by atoms with Crippen molar-refractivity contribution in [3.63, 3.8) is 0 Å². The maximum Gasteiger partial charge on any atom is 0.256 e. The van der Waals surface area contributed by atoms with Crippen LogP contribution in [0, 0.1) is 6.92 Å². The van der Waals surface area contributed by atoms with Crippen LogP contribution in [-0.2, 0) is 4.79 Å². The summed E-state index contributed by atoms with van der Waals surface area (Å²) < 4.78 is 0. The molecule has 0 unspecified atom stereocenters. The van der Waals surface area contributed by atoms with Crippen LogP contribution in [0.4, 0.5) is 17.1 Å². The molecular weight excluding hydrogens is 370 g/mol. The Morgan fingerprint density at radius 3 is 2.53 bits per heavy atom. The largest absolute Gasteiger partial charge is 0.362 e. The van der Waals surface area contributed by atoms with E-state index in [0.717, 1.165) is 39.4 Å². The van der Waals surface area contributed by atoms with Crippen molar-refractivity contribution in [1.29, 1.82) is 0 Å². The molecule has 0 saturated heterocycles. The Bertz CT molecular complexity index is 1250. The van der Waals surface area contributed by atoms with Gasteiger partial charge < -0.3 is 15.6 Å². The second-order valence-electron chi connectivity index (χ2n) is 7.42. The smallest absolute Gasteiger partial charge is 0.256 e. The molecular formula is C26H21N3O. The van der Waals surface area contributed by atoms with E-state index in [1.54, 1.807) is 0 Å². The maximum atomic E-state index is 12.5. The predicted octanol–water partition coefficient (Wildman–Crippen LogP) is 6.23. The van der Waals surface area contributed by atoms with E-state index in [0.29, 0.717) is 5.57 Å². The van der Waals surface area contributed by atoms with Crippen molar-refractivity contribution in [2.45, 2.75) is 6.92 Å². The number of aryl methyl sites for hydroxylation is 1. The van der Waals surface area contributed by atoms with Crippen LogP contribution in [0.25, 0.3) is 22.8 Å². The Balaban J connectivity index is 1.45. The molecule has 4 nitrogen and oxygen atoms in total. The number of hydrogen-bond acceptors (Lipinski definition) is 2. The quantitative estimate of drug-likeness (QED) is 0.361. The molecule has 0 aliphatic carbocycles. The number of rotatable bonds is 4. The molecule has 5 rings (SSSR count). The van der Waals surface area contributed by atoms with Gasteiger partial charge in [-0.1, -0.05) is 48.5 Å². The average molecular weight is 391 g/mol. The van der Waals surface area contributed by atoms with Gasteiger partial charge in [0.1, 0.15) is 0 Å². The Hall–Kier alpha value is -4.05. The SMILES string of the molecule is Cc1ccc(-c2ccccc2)cc1Nc1ccc2c(c1)NC(=O)C2=Cc1ccc[nH]1. The van der Waals surface area contributed by atoms with Crippen LogP contribution in [-0.4, -0.2) is 10.9 Å². The van der Waals surface area contributed by atoms with Crippen LogP contribution >= 0.6 is 0 Å². The molecule has 1 amide bonds. The molecule has 0 atom stereocenters. The van der Waals surface area contributed by atoms with Gasteiger partial charge in [-0.15, -0.1) is 0 Å². The van der Waals surface area contributed by atoms with Gasteiger partial charge in [0.15, 0.2) is 0 Å². The third-order valence-corrected chi connectivity index (χ3v) is 5.35. The summed E-state index contributed by atoms with van der Waals surface area (Å²) in [4.78, 5) is 15.6. The first-order valence-electron chi connectivity index (χ1n) is 9.91. The minimum atomic E-state index is -0.0843. The first-order valence-corrected chi connectivity index (χ1v) is 9.91. The van der Waals surface area contributed by atoms with Gasteiger partial charge in [-0.05, 0) is 60.0 Å². The van der Waals surface area contributed by atoms with E-state index in [1.165, 1.54) is 5.56 Å². The van der Waals surface area contributed by atoms with Crippen LogP contribution in [0.3, 0.4) is 0 Å². The lowest BCUT2D eigenvalue weighted by molar-refractivity contribution is -0.110. The van der Waals surface area contributed by atoms with Gasteiger partial charge in [0.2, 0.25) is 0 Å². The Kier molecular flexibility index (Phi) is 4.45. The number of nitrogens with one attached hydrogen (secondary N) is 3. The van der Waals surface area contributed by atoms with Crippen molar-refractivity contribution in [1.82, 2.24) is 4.98 Å². The molecule has 1 aliphatic heterocycles. The highest BCUT2D eigenvalue weighted by molar-refractivity contribution is 6.35. The van der Waals surface area contributed by atoms with E-state index in [9.17, 15) is 4.79 Å². The van der Waals surface area contributed by atoms with Crippen molar-refractivity contribution in [3.8, 4) is 11.1 Å². The summed E-state index contributed by atoms with van der Waals surface area (Å²) in [5.41, 5.74) is 8.78. The number of hydrogen-bond donors (Lipinski definition) is 3. The third kappa shape index (κ3) is 3.40. The molecule has 0 fully saturated rings. The summed E-state index contributed by atoms with van der Waals surface area (Å²) >= 11 is 0. The average Bonchev–Trinajstić information content (AvgIpc) is 3.38. The Labute approximate surface area is 175 Å². The molecule has 30 heavy (non-hydrogen) atoms. The monoisotopic (exact) mass is 391 g/mol. The van der Waals surface area contributed by atoms with Crippen LogP contribution < -0.4 is 10.6 Å². The Morgan fingerprint density at radius 2 is 1.73 bits per heavy atom. The zero-order valence-electron chi connectivity index (χ0n) is 16.6. The molecule has 0 radical (unpaired) electrons. The molecule has 3 N–H and O–H groups in total. The van der Waals surface area contributed by atoms with Crippen molar-refractivity contribution < 1.29 is 4.79 Å². The second kappa shape index (κ2) is 7.41. The van der Waals surface area contributed by atoms with Gasteiger partial charge >= 0.3 is 0 Å². The molecule has 2 heterocycles. The van der Waals surface area contributed by atoms with E-state index in [2.05, 4.69) is 52.9 Å². The first-order chi connectivity index (χ1) is 14.7. The summed E-state index contributed by atoms with van der Waals surface area (Å²) in [7, 11) is 0. The van der Waals surface area contributed by atoms with Crippen molar-refractivity contribution >= 4 is 34.6 Å². The zero-order chi connectivity index (χ0) is 20.5. The number of H-pyrrole nitrogens is 1. The lowest BCUT2D eigenvalue weighted by atomic mass is 10.0. The summed E-state index contributed by atoms with van der Waals surface area (Å²) in [6, 6.07) is 26.6. The number of anilines is 3.